The van der Waals surface area contributed by atoms with Gasteiger partial charge in [-0.05, 0) is 24.5 Å². The van der Waals surface area contributed by atoms with Crippen LogP contribution in [-0.4, -0.2) is 45.6 Å². The van der Waals surface area contributed by atoms with Crippen LogP contribution in [0.3, 0.4) is 0 Å². The molecule has 3 rings (SSSR count). The number of hydrogen-bond acceptors (Lipinski definition) is 3. The summed E-state index contributed by atoms with van der Waals surface area (Å²) in [6, 6.07) is 5.27. The summed E-state index contributed by atoms with van der Waals surface area (Å²) in [6.45, 7) is 1.37. The fourth-order valence-electron chi connectivity index (χ4n) is 3.75. The first-order valence-corrected chi connectivity index (χ1v) is 10.2. The molecular weight excluding hydrogens is 369 g/mol. The number of rotatable bonds is 5. The maximum atomic E-state index is 13.1. The van der Waals surface area contributed by atoms with E-state index in [1.165, 1.54) is 10.4 Å². The smallest absolute Gasteiger partial charge is 0.379 e. The Hall–Kier alpha value is -1.16. The molecule has 1 aromatic rings. The van der Waals surface area contributed by atoms with Crippen LogP contribution < -0.4 is 4.72 Å². The molecule has 1 aliphatic heterocycles. The summed E-state index contributed by atoms with van der Waals surface area (Å²) in [5.41, 5.74) is -0.743. The molecule has 26 heavy (non-hydrogen) atoms. The van der Waals surface area contributed by atoms with E-state index in [0.717, 1.165) is 25.0 Å². The molecule has 9 heteroatoms. The second-order valence-corrected chi connectivity index (χ2v) is 8.66. The van der Waals surface area contributed by atoms with Crippen molar-refractivity contribution in [2.75, 3.05) is 32.8 Å². The minimum atomic E-state index is -4.41. The van der Waals surface area contributed by atoms with Gasteiger partial charge in [-0.3, -0.25) is 0 Å². The van der Waals surface area contributed by atoms with Gasteiger partial charge in [-0.25, -0.2) is 4.72 Å². The van der Waals surface area contributed by atoms with Crippen molar-refractivity contribution in [3.05, 3.63) is 35.4 Å². The zero-order valence-electron chi connectivity index (χ0n) is 14.4. The predicted molar refractivity (Wildman–Crippen MR) is 90.9 cm³/mol. The second kappa shape index (κ2) is 7.46. The Labute approximate surface area is 151 Å². The molecule has 1 heterocycles. The average molecular weight is 392 g/mol. The minimum Gasteiger partial charge on any atom is -0.379 e. The van der Waals surface area contributed by atoms with Gasteiger partial charge in [0, 0.05) is 25.0 Å². The lowest BCUT2D eigenvalue weighted by atomic mass is 9.78. The van der Waals surface area contributed by atoms with Gasteiger partial charge in [-0.1, -0.05) is 31.0 Å². The Kier molecular flexibility index (Phi) is 5.62. The first kappa shape index (κ1) is 19.6. The molecule has 0 atom stereocenters. The summed E-state index contributed by atoms with van der Waals surface area (Å²) in [4.78, 5) is 0. The average Bonchev–Trinajstić information content (AvgIpc) is 3.11. The van der Waals surface area contributed by atoms with Crippen molar-refractivity contribution in [2.24, 2.45) is 0 Å². The Bertz CT molecular complexity index is 725. The molecule has 2 aliphatic rings. The van der Waals surface area contributed by atoms with E-state index in [0.29, 0.717) is 31.6 Å². The van der Waals surface area contributed by atoms with Gasteiger partial charge in [0.25, 0.3) is 10.2 Å². The summed E-state index contributed by atoms with van der Waals surface area (Å²) in [7, 11) is -3.67. The van der Waals surface area contributed by atoms with Gasteiger partial charge in [0.1, 0.15) is 0 Å². The Morgan fingerprint density at radius 1 is 1.15 bits per heavy atom. The van der Waals surface area contributed by atoms with Crippen LogP contribution in [0.4, 0.5) is 13.2 Å². The van der Waals surface area contributed by atoms with E-state index in [2.05, 4.69) is 4.72 Å². The molecule has 0 bridgehead atoms. The molecule has 1 aromatic carbocycles. The van der Waals surface area contributed by atoms with Crippen LogP contribution in [0.25, 0.3) is 0 Å². The standard InChI is InChI=1S/C17H23F3N2O3S/c18-17(19,20)15-5-3-4-14(12-15)16(6-1-2-7-16)13-21-26(23,24)22-8-10-25-11-9-22/h3-5,12,21H,1-2,6-11,13H2. The molecule has 0 amide bonds. The fraction of sp³-hybridized carbons (Fsp3) is 0.647. The third-order valence-electron chi connectivity index (χ3n) is 5.27. The van der Waals surface area contributed by atoms with Crippen molar-refractivity contribution in [2.45, 2.75) is 37.3 Å². The minimum absolute atomic E-state index is 0.105. The summed E-state index contributed by atoms with van der Waals surface area (Å²) < 4.78 is 73.4. The lowest BCUT2D eigenvalue weighted by Gasteiger charge is -2.32. The van der Waals surface area contributed by atoms with Gasteiger partial charge in [-0.15, -0.1) is 0 Å². The molecule has 2 fully saturated rings. The molecule has 146 valence electrons. The molecule has 1 saturated carbocycles. The maximum absolute atomic E-state index is 13.1. The molecule has 0 radical (unpaired) electrons. The topological polar surface area (TPSA) is 58.6 Å². The Morgan fingerprint density at radius 3 is 2.42 bits per heavy atom. The van der Waals surface area contributed by atoms with Gasteiger partial charge in [0.2, 0.25) is 0 Å². The third kappa shape index (κ3) is 4.21. The molecule has 0 aromatic heterocycles. The fourth-order valence-corrected chi connectivity index (χ4v) is 5.02. The van der Waals surface area contributed by atoms with Gasteiger partial charge in [0.15, 0.2) is 0 Å². The summed E-state index contributed by atoms with van der Waals surface area (Å²) in [6.07, 6.45) is -1.34. The van der Waals surface area contributed by atoms with Crippen LogP contribution in [0.2, 0.25) is 0 Å². The number of hydrogen-bond donors (Lipinski definition) is 1. The number of nitrogens with one attached hydrogen (secondary N) is 1. The number of morpholine rings is 1. The quantitative estimate of drug-likeness (QED) is 0.838. The zero-order chi connectivity index (χ0) is 18.8. The van der Waals surface area contributed by atoms with E-state index in [-0.39, 0.29) is 19.6 Å². The van der Waals surface area contributed by atoms with Crippen LogP contribution in [0.1, 0.15) is 36.8 Å². The molecule has 0 unspecified atom stereocenters. The molecule has 1 saturated heterocycles. The number of ether oxygens (including phenoxy) is 1. The second-order valence-electron chi connectivity index (χ2n) is 6.90. The highest BCUT2D eigenvalue weighted by Crippen LogP contribution is 2.42. The van der Waals surface area contributed by atoms with E-state index in [4.69, 9.17) is 4.74 Å². The van der Waals surface area contributed by atoms with Gasteiger partial charge < -0.3 is 4.74 Å². The van der Waals surface area contributed by atoms with Gasteiger partial charge in [-0.2, -0.15) is 25.9 Å². The SMILES string of the molecule is O=S(=O)(NCC1(c2cccc(C(F)(F)F)c2)CCCC1)N1CCOCC1. The van der Waals surface area contributed by atoms with Crippen molar-refractivity contribution in [1.29, 1.82) is 0 Å². The van der Waals surface area contributed by atoms with E-state index in [1.807, 2.05) is 0 Å². The number of halogens is 3. The predicted octanol–water partition coefficient (Wildman–Crippen LogP) is 2.68. The van der Waals surface area contributed by atoms with E-state index >= 15 is 0 Å². The first-order valence-electron chi connectivity index (χ1n) is 8.73. The zero-order valence-corrected chi connectivity index (χ0v) is 15.2. The summed E-state index contributed by atoms with van der Waals surface area (Å²) in [5.74, 6) is 0. The molecule has 1 N–H and O–H groups in total. The van der Waals surface area contributed by atoms with Crippen molar-refractivity contribution in [1.82, 2.24) is 9.03 Å². The third-order valence-corrected chi connectivity index (χ3v) is 6.82. The molecule has 0 spiro atoms. The van der Waals surface area contributed by atoms with Crippen LogP contribution in [0, 0.1) is 0 Å². The first-order chi connectivity index (χ1) is 12.2. The summed E-state index contributed by atoms with van der Waals surface area (Å²) >= 11 is 0. The van der Waals surface area contributed by atoms with Gasteiger partial charge in [0.05, 0.1) is 18.8 Å². The van der Waals surface area contributed by atoms with Crippen molar-refractivity contribution < 1.29 is 26.3 Å². The maximum Gasteiger partial charge on any atom is 0.416 e. The van der Waals surface area contributed by atoms with Crippen molar-refractivity contribution >= 4 is 10.2 Å². The van der Waals surface area contributed by atoms with Crippen molar-refractivity contribution in [3.63, 3.8) is 0 Å². The van der Waals surface area contributed by atoms with Crippen LogP contribution in [0.5, 0.6) is 0 Å². The molecule has 5 nitrogen and oxygen atoms in total. The van der Waals surface area contributed by atoms with Gasteiger partial charge >= 0.3 is 6.18 Å². The highest BCUT2D eigenvalue weighted by atomic mass is 32.2. The summed E-state index contributed by atoms with van der Waals surface area (Å²) in [5, 5.41) is 0. The van der Waals surface area contributed by atoms with Crippen LogP contribution in [0.15, 0.2) is 24.3 Å². The van der Waals surface area contributed by atoms with E-state index in [9.17, 15) is 21.6 Å². The lowest BCUT2D eigenvalue weighted by molar-refractivity contribution is -0.137. The monoisotopic (exact) mass is 392 g/mol. The highest BCUT2D eigenvalue weighted by molar-refractivity contribution is 7.87. The normalized spacial score (nSPS) is 21.8. The molecule has 1 aliphatic carbocycles. The lowest BCUT2D eigenvalue weighted by Crippen LogP contribution is -2.49. The Morgan fingerprint density at radius 2 is 1.81 bits per heavy atom. The van der Waals surface area contributed by atoms with E-state index < -0.39 is 27.4 Å². The Balaban J connectivity index is 1.80. The molecular formula is C17H23F3N2O3S. The van der Waals surface area contributed by atoms with Crippen LogP contribution >= 0.6 is 0 Å². The van der Waals surface area contributed by atoms with Crippen LogP contribution in [-0.2, 0) is 26.5 Å². The number of alkyl halides is 3. The number of benzene rings is 1. The van der Waals surface area contributed by atoms with Crippen molar-refractivity contribution in [3.8, 4) is 0 Å². The number of nitrogens with zero attached hydrogens (tertiary/aromatic N) is 1. The largest absolute Gasteiger partial charge is 0.416 e. The highest BCUT2D eigenvalue weighted by Gasteiger charge is 2.39. The van der Waals surface area contributed by atoms with E-state index in [1.54, 1.807) is 6.07 Å².